The predicted molar refractivity (Wildman–Crippen MR) is 81.2 cm³/mol. The van der Waals surface area contributed by atoms with Crippen molar-refractivity contribution in [3.63, 3.8) is 0 Å². The molecule has 6 heteroatoms. The van der Waals surface area contributed by atoms with E-state index in [9.17, 15) is 13.2 Å². The zero-order valence-electron chi connectivity index (χ0n) is 12.6. The van der Waals surface area contributed by atoms with Crippen LogP contribution in [0.1, 0.15) is 36.2 Å². The Morgan fingerprint density at radius 1 is 1.04 bits per heavy atom. The van der Waals surface area contributed by atoms with E-state index in [0.717, 1.165) is 25.1 Å². The van der Waals surface area contributed by atoms with Crippen LogP contribution in [0.5, 0.6) is 0 Å². The van der Waals surface area contributed by atoms with Gasteiger partial charge < -0.3 is 0 Å². The lowest BCUT2D eigenvalue weighted by molar-refractivity contribution is -0.137. The van der Waals surface area contributed by atoms with E-state index in [-0.39, 0.29) is 5.92 Å². The van der Waals surface area contributed by atoms with Gasteiger partial charge in [-0.05, 0) is 30.5 Å². The number of aryl methyl sites for hydroxylation is 1. The number of fused-ring (bicyclic) bond motifs is 1. The minimum absolute atomic E-state index is 0.00805. The van der Waals surface area contributed by atoms with Gasteiger partial charge in [-0.15, -0.1) is 10.2 Å². The van der Waals surface area contributed by atoms with Crippen molar-refractivity contribution in [1.29, 1.82) is 0 Å². The van der Waals surface area contributed by atoms with Gasteiger partial charge in [0.15, 0.2) is 5.65 Å². The van der Waals surface area contributed by atoms with E-state index < -0.39 is 11.7 Å². The zero-order chi connectivity index (χ0) is 16.4. The quantitative estimate of drug-likeness (QED) is 0.709. The number of hydrogen-bond acceptors (Lipinski definition) is 2. The number of nitrogens with zero attached hydrogens (tertiary/aromatic N) is 3. The van der Waals surface area contributed by atoms with Crippen LogP contribution in [-0.2, 0) is 12.6 Å². The number of benzene rings is 1. The maximum absolute atomic E-state index is 12.9. The van der Waals surface area contributed by atoms with Crippen LogP contribution in [-0.4, -0.2) is 14.6 Å². The molecular formula is C17H16F3N3. The third kappa shape index (κ3) is 3.36. The molecule has 0 aliphatic rings. The molecule has 1 atom stereocenters. The number of pyridine rings is 1. The molecule has 120 valence electrons. The Morgan fingerprint density at radius 2 is 1.78 bits per heavy atom. The number of alkyl halides is 3. The molecule has 23 heavy (non-hydrogen) atoms. The van der Waals surface area contributed by atoms with Gasteiger partial charge in [0.25, 0.3) is 0 Å². The van der Waals surface area contributed by atoms with Gasteiger partial charge in [-0.3, -0.25) is 4.40 Å². The van der Waals surface area contributed by atoms with Crippen molar-refractivity contribution in [3.05, 3.63) is 65.6 Å². The molecule has 3 aromatic rings. The molecule has 0 unspecified atom stereocenters. The Bertz CT molecular complexity index is 794. The van der Waals surface area contributed by atoms with Crippen LogP contribution in [0.2, 0.25) is 0 Å². The summed E-state index contributed by atoms with van der Waals surface area (Å²) in [5, 5.41) is 8.04. The van der Waals surface area contributed by atoms with Gasteiger partial charge in [-0.2, -0.15) is 13.2 Å². The molecule has 0 spiro atoms. The van der Waals surface area contributed by atoms with E-state index in [1.54, 1.807) is 0 Å². The van der Waals surface area contributed by atoms with Crippen molar-refractivity contribution in [3.8, 4) is 0 Å². The first-order chi connectivity index (χ1) is 10.9. The average molecular weight is 319 g/mol. The molecule has 3 rings (SSSR count). The highest BCUT2D eigenvalue weighted by Crippen LogP contribution is 2.30. The lowest BCUT2D eigenvalue weighted by atomic mass is 10.0. The van der Waals surface area contributed by atoms with Gasteiger partial charge in [-0.1, -0.05) is 37.3 Å². The summed E-state index contributed by atoms with van der Waals surface area (Å²) in [5.74, 6) is 0.565. The Kier molecular flexibility index (Phi) is 4.07. The van der Waals surface area contributed by atoms with Gasteiger partial charge in [-0.25, -0.2) is 0 Å². The Morgan fingerprint density at radius 3 is 2.48 bits per heavy atom. The average Bonchev–Trinajstić information content (AvgIpc) is 2.96. The van der Waals surface area contributed by atoms with Crippen molar-refractivity contribution in [1.82, 2.24) is 14.6 Å². The maximum Gasteiger partial charge on any atom is 0.417 e. The molecule has 0 aliphatic heterocycles. The zero-order valence-corrected chi connectivity index (χ0v) is 12.6. The molecule has 0 amide bonds. The minimum Gasteiger partial charge on any atom is -0.286 e. The normalized spacial score (nSPS) is 13.4. The standard InChI is InChI=1S/C17H16F3N3/c1-12(7-8-13-5-3-2-4-6-13)16-22-21-15-10-9-14(11-23(15)16)17(18,19)20/h2-6,9-12H,7-8H2,1H3/t12-/m1/s1. The second kappa shape index (κ2) is 6.02. The van der Waals surface area contributed by atoms with Crippen LogP contribution in [0.3, 0.4) is 0 Å². The highest BCUT2D eigenvalue weighted by atomic mass is 19.4. The first-order valence-electron chi connectivity index (χ1n) is 7.41. The van der Waals surface area contributed by atoms with Gasteiger partial charge in [0.05, 0.1) is 5.56 Å². The largest absolute Gasteiger partial charge is 0.417 e. The van der Waals surface area contributed by atoms with Crippen molar-refractivity contribution in [2.24, 2.45) is 0 Å². The second-order valence-electron chi connectivity index (χ2n) is 5.63. The van der Waals surface area contributed by atoms with E-state index in [2.05, 4.69) is 10.2 Å². The van der Waals surface area contributed by atoms with Gasteiger partial charge in [0.1, 0.15) is 5.82 Å². The summed E-state index contributed by atoms with van der Waals surface area (Å²) in [6.45, 7) is 1.96. The van der Waals surface area contributed by atoms with E-state index in [1.807, 2.05) is 37.3 Å². The molecule has 3 nitrogen and oxygen atoms in total. The first kappa shape index (κ1) is 15.5. The predicted octanol–water partition coefficient (Wildman–Crippen LogP) is 4.48. The third-order valence-electron chi connectivity index (χ3n) is 3.91. The first-order valence-corrected chi connectivity index (χ1v) is 7.41. The Balaban J connectivity index is 1.84. The van der Waals surface area contributed by atoms with Crippen LogP contribution in [0.15, 0.2) is 48.7 Å². The highest BCUT2D eigenvalue weighted by Gasteiger charge is 2.31. The SMILES string of the molecule is C[C@H](CCc1ccccc1)c1nnc2ccc(C(F)(F)F)cn12. The number of hydrogen-bond donors (Lipinski definition) is 0. The molecule has 2 heterocycles. The summed E-state index contributed by atoms with van der Waals surface area (Å²) < 4.78 is 40.1. The van der Waals surface area contributed by atoms with Crippen LogP contribution < -0.4 is 0 Å². The summed E-state index contributed by atoms with van der Waals surface area (Å²) >= 11 is 0. The molecular weight excluding hydrogens is 303 g/mol. The summed E-state index contributed by atoms with van der Waals surface area (Å²) in [4.78, 5) is 0. The molecule has 2 aromatic heterocycles. The van der Waals surface area contributed by atoms with E-state index >= 15 is 0 Å². The van der Waals surface area contributed by atoms with Crippen LogP contribution >= 0.6 is 0 Å². The van der Waals surface area contributed by atoms with Gasteiger partial charge in [0, 0.05) is 12.1 Å². The maximum atomic E-state index is 12.9. The smallest absolute Gasteiger partial charge is 0.286 e. The highest BCUT2D eigenvalue weighted by molar-refractivity contribution is 5.40. The number of aromatic nitrogens is 3. The molecule has 0 radical (unpaired) electrons. The molecule has 0 bridgehead atoms. The fourth-order valence-corrected chi connectivity index (χ4v) is 2.57. The lowest BCUT2D eigenvalue weighted by Crippen LogP contribution is -2.08. The van der Waals surface area contributed by atoms with Gasteiger partial charge >= 0.3 is 6.18 Å². The molecule has 0 N–H and O–H groups in total. The minimum atomic E-state index is -4.37. The van der Waals surface area contributed by atoms with E-state index in [1.165, 1.54) is 16.0 Å². The van der Waals surface area contributed by atoms with Crippen LogP contribution in [0, 0.1) is 0 Å². The van der Waals surface area contributed by atoms with Crippen molar-refractivity contribution in [2.45, 2.75) is 31.9 Å². The lowest BCUT2D eigenvalue weighted by Gasteiger charge is -2.11. The van der Waals surface area contributed by atoms with Gasteiger partial charge in [0.2, 0.25) is 0 Å². The number of rotatable bonds is 4. The molecule has 0 aliphatic carbocycles. The Labute approximate surface area is 131 Å². The molecule has 0 saturated heterocycles. The van der Waals surface area contributed by atoms with E-state index in [4.69, 9.17) is 0 Å². The van der Waals surface area contributed by atoms with Crippen LogP contribution in [0.4, 0.5) is 13.2 Å². The second-order valence-corrected chi connectivity index (χ2v) is 5.63. The van der Waals surface area contributed by atoms with Crippen molar-refractivity contribution >= 4 is 5.65 Å². The fourth-order valence-electron chi connectivity index (χ4n) is 2.57. The molecule has 1 aromatic carbocycles. The van der Waals surface area contributed by atoms with Crippen molar-refractivity contribution in [2.75, 3.05) is 0 Å². The Hall–Kier alpha value is -2.37. The van der Waals surface area contributed by atoms with Crippen LogP contribution in [0.25, 0.3) is 5.65 Å². The number of halogens is 3. The van der Waals surface area contributed by atoms with E-state index in [0.29, 0.717) is 11.5 Å². The summed E-state index contributed by atoms with van der Waals surface area (Å²) in [6, 6.07) is 12.4. The third-order valence-corrected chi connectivity index (χ3v) is 3.91. The topological polar surface area (TPSA) is 30.2 Å². The molecule has 0 fully saturated rings. The summed E-state index contributed by atoms with van der Waals surface area (Å²) in [6.07, 6.45) is -1.66. The summed E-state index contributed by atoms with van der Waals surface area (Å²) in [5.41, 5.74) is 0.935. The summed E-state index contributed by atoms with van der Waals surface area (Å²) in [7, 11) is 0. The molecule has 0 saturated carbocycles. The monoisotopic (exact) mass is 319 g/mol. The fraction of sp³-hybridized carbons (Fsp3) is 0.294. The van der Waals surface area contributed by atoms with Crippen molar-refractivity contribution < 1.29 is 13.2 Å².